The first-order chi connectivity index (χ1) is 53.0. The number of anilines is 6. The van der Waals surface area contributed by atoms with E-state index in [-0.39, 0.29) is 0 Å². The number of hydrogen-bond donors (Lipinski definition) is 0. The largest absolute Gasteiger partial charge is 0.310 e. The minimum absolute atomic E-state index is 0.558. The highest BCUT2D eigenvalue weighted by Crippen LogP contribution is 2.51. The van der Waals surface area contributed by atoms with Gasteiger partial charge in [-0.3, -0.25) is 0 Å². The SMILES string of the molecule is Cc1ccc(C(=Cc2ccc(N(c3ccc(C=C(c4ccc(C)cc4)C4CCCCC4)cc3)c3c(C)cc(-c4cc(C)c(N(c5ccc(C=C(c6ccc(C)cc6)C6CCCCC6)cc5)c5ccc(C=C(c6ccc(C)cc6)C6CCCCC6)cc5)c5ccccc45)c4ccccc34)cc2)C2CCCCC2)cc1. The van der Waals surface area contributed by atoms with Crippen LogP contribution in [0.1, 0.15) is 206 Å². The van der Waals surface area contributed by atoms with Gasteiger partial charge in [-0.05, 0) is 277 Å². The minimum Gasteiger partial charge on any atom is -0.310 e. The number of hydrogen-bond acceptors (Lipinski definition) is 2. The third-order valence-electron chi connectivity index (χ3n) is 24.8. The molecular formula is C106H108N2. The van der Waals surface area contributed by atoms with E-state index in [1.807, 2.05) is 0 Å². The highest BCUT2D eigenvalue weighted by molar-refractivity contribution is 6.14. The van der Waals surface area contributed by atoms with Crippen molar-refractivity contribution < 1.29 is 0 Å². The minimum atomic E-state index is 0.558. The Bertz CT molecular complexity index is 4640. The maximum atomic E-state index is 2.55. The molecule has 0 aliphatic heterocycles. The van der Waals surface area contributed by atoms with Gasteiger partial charge in [0.2, 0.25) is 0 Å². The van der Waals surface area contributed by atoms with Gasteiger partial charge in [-0.15, -0.1) is 0 Å². The van der Waals surface area contributed by atoms with E-state index >= 15 is 0 Å². The maximum absolute atomic E-state index is 2.55. The summed E-state index contributed by atoms with van der Waals surface area (Å²) in [6.45, 7) is 13.5. The molecule has 0 heterocycles. The van der Waals surface area contributed by atoms with Gasteiger partial charge in [-0.25, -0.2) is 0 Å². The van der Waals surface area contributed by atoms with Crippen LogP contribution in [0.25, 0.3) is 79.3 Å². The first-order valence-electron chi connectivity index (χ1n) is 41.2. The zero-order valence-corrected chi connectivity index (χ0v) is 64.9. The molecular weight excluding hydrogens is 1300 g/mol. The number of benzene rings is 12. The molecule has 0 bridgehead atoms. The molecule has 12 aromatic rings. The van der Waals surface area contributed by atoms with E-state index in [1.165, 1.54) is 273 Å². The van der Waals surface area contributed by atoms with Crippen LogP contribution in [-0.4, -0.2) is 0 Å². The molecule has 0 saturated heterocycles. The van der Waals surface area contributed by atoms with Gasteiger partial charge in [0.05, 0.1) is 11.4 Å². The first-order valence-corrected chi connectivity index (χ1v) is 41.2. The highest BCUT2D eigenvalue weighted by Gasteiger charge is 2.28. The van der Waals surface area contributed by atoms with Crippen molar-refractivity contribution in [1.82, 2.24) is 0 Å². The molecule has 0 N–H and O–H groups in total. The molecule has 4 aliphatic rings. The Balaban J connectivity index is 0.823. The standard InChI is InChI=1S/C106H108N2/c1-73-35-51-87(52-36-73)99(83-23-11-7-12-24-83)69-79-43-59-91(60-44-79)107(92-61-45-80(46-62-92)70-100(84-25-13-8-14-26-84)88-53-37-74(2)38-54-88)105-77(5)67-103(95-31-19-21-33-97(95)105)104-68-78(6)106(98-34-22-20-32-96(98)104)108(93-63-47-81(48-64-93)71-101(85-27-15-9-16-28-85)89-55-39-75(3)40-56-89)94-65-49-82(50-66-94)72-102(86-29-17-10-18-30-86)90-57-41-76(4)42-58-90/h19-22,31-72,83-86H,7-18,23-30H2,1-6H3. The van der Waals surface area contributed by atoms with Crippen molar-refractivity contribution in [2.45, 2.75) is 170 Å². The smallest absolute Gasteiger partial charge is 0.0569 e. The lowest BCUT2D eigenvalue weighted by Crippen LogP contribution is -2.13. The second kappa shape index (κ2) is 33.1. The van der Waals surface area contributed by atoms with E-state index in [0.29, 0.717) is 23.7 Å². The van der Waals surface area contributed by atoms with Crippen LogP contribution in [0.2, 0.25) is 0 Å². The number of aryl methyl sites for hydroxylation is 6. The van der Waals surface area contributed by atoms with E-state index in [9.17, 15) is 0 Å². The third-order valence-corrected chi connectivity index (χ3v) is 24.8. The molecule has 0 radical (unpaired) electrons. The quantitative estimate of drug-likeness (QED) is 0.0745. The lowest BCUT2D eigenvalue weighted by Gasteiger charge is -2.31. The van der Waals surface area contributed by atoms with Crippen molar-refractivity contribution >= 4 is 102 Å². The van der Waals surface area contributed by atoms with Crippen LogP contribution in [0.3, 0.4) is 0 Å². The lowest BCUT2D eigenvalue weighted by molar-refractivity contribution is 0.430. The van der Waals surface area contributed by atoms with Crippen molar-refractivity contribution in [3.05, 3.63) is 333 Å². The summed E-state index contributed by atoms with van der Waals surface area (Å²) in [6, 6.07) is 98.6. The van der Waals surface area contributed by atoms with Crippen LogP contribution in [0.4, 0.5) is 34.1 Å². The molecule has 4 fully saturated rings. The molecule has 2 heteroatoms. The van der Waals surface area contributed by atoms with Gasteiger partial charge < -0.3 is 9.80 Å². The van der Waals surface area contributed by atoms with Crippen LogP contribution in [0.15, 0.2) is 255 Å². The van der Waals surface area contributed by atoms with Gasteiger partial charge in [0.25, 0.3) is 0 Å². The summed E-state index contributed by atoms with van der Waals surface area (Å²) in [5.74, 6) is 2.23. The van der Waals surface area contributed by atoms with Crippen LogP contribution >= 0.6 is 0 Å². The molecule has 0 spiro atoms. The summed E-state index contributed by atoms with van der Waals surface area (Å²) in [5, 5.41) is 4.89. The summed E-state index contributed by atoms with van der Waals surface area (Å²) in [5.41, 5.74) is 33.3. The molecule has 4 saturated carbocycles. The lowest BCUT2D eigenvalue weighted by atomic mass is 9.80. The second-order valence-electron chi connectivity index (χ2n) is 32.5. The molecule has 0 aromatic heterocycles. The van der Waals surface area contributed by atoms with Gasteiger partial charge in [0, 0.05) is 33.5 Å². The van der Waals surface area contributed by atoms with Crippen LogP contribution in [-0.2, 0) is 0 Å². The monoisotopic (exact) mass is 1410 g/mol. The van der Waals surface area contributed by atoms with Crippen molar-refractivity contribution in [2.24, 2.45) is 23.7 Å². The Hall–Kier alpha value is -10.3. The van der Waals surface area contributed by atoms with E-state index in [1.54, 1.807) is 0 Å². The molecule has 0 unspecified atom stereocenters. The van der Waals surface area contributed by atoms with Gasteiger partial charge in [0.15, 0.2) is 0 Å². The molecule has 16 rings (SSSR count). The van der Waals surface area contributed by atoms with Crippen LogP contribution < -0.4 is 9.80 Å². The molecule has 0 amide bonds. The predicted molar refractivity (Wildman–Crippen MR) is 468 cm³/mol. The molecule has 0 atom stereocenters. The van der Waals surface area contributed by atoms with Gasteiger partial charge in [-0.2, -0.15) is 0 Å². The average Bonchev–Trinajstić information content (AvgIpc) is 0.732. The average molecular weight is 1410 g/mol. The Morgan fingerprint density at radius 2 is 0.454 bits per heavy atom. The summed E-state index contributed by atoms with van der Waals surface area (Å²) in [4.78, 5) is 5.11. The fourth-order valence-corrected chi connectivity index (χ4v) is 18.8. The summed E-state index contributed by atoms with van der Waals surface area (Å²) in [6.07, 6.45) is 35.7. The Labute approximate surface area is 645 Å². The topological polar surface area (TPSA) is 6.48 Å². The normalized spacial score (nSPS) is 16.3. The fraction of sp³-hybridized carbons (Fsp3) is 0.283. The summed E-state index contributed by atoms with van der Waals surface area (Å²) in [7, 11) is 0. The van der Waals surface area contributed by atoms with Gasteiger partial charge in [0.1, 0.15) is 0 Å². The fourth-order valence-electron chi connectivity index (χ4n) is 18.8. The zero-order valence-electron chi connectivity index (χ0n) is 64.9. The maximum Gasteiger partial charge on any atom is 0.0569 e. The number of fused-ring (bicyclic) bond motifs is 2. The van der Waals surface area contributed by atoms with Crippen LogP contribution in [0, 0.1) is 65.2 Å². The Morgan fingerprint density at radius 3 is 0.676 bits per heavy atom. The van der Waals surface area contributed by atoms with Crippen molar-refractivity contribution in [3.8, 4) is 11.1 Å². The molecule has 12 aromatic carbocycles. The van der Waals surface area contributed by atoms with Crippen molar-refractivity contribution in [2.75, 3.05) is 9.80 Å². The second-order valence-corrected chi connectivity index (χ2v) is 32.5. The molecule has 4 aliphatic carbocycles. The number of rotatable bonds is 19. The van der Waals surface area contributed by atoms with Crippen molar-refractivity contribution in [1.29, 1.82) is 0 Å². The molecule has 542 valence electrons. The predicted octanol–water partition coefficient (Wildman–Crippen LogP) is 30.9. The summed E-state index contributed by atoms with van der Waals surface area (Å²) < 4.78 is 0. The number of allylic oxidation sites excluding steroid dienone is 4. The highest BCUT2D eigenvalue weighted by atomic mass is 15.2. The first kappa shape index (κ1) is 71.9. The third kappa shape index (κ3) is 16.0. The summed E-state index contributed by atoms with van der Waals surface area (Å²) >= 11 is 0. The zero-order chi connectivity index (χ0) is 73.5. The Morgan fingerprint density at radius 1 is 0.241 bits per heavy atom. The van der Waals surface area contributed by atoms with Gasteiger partial charge in [-0.1, -0.05) is 318 Å². The van der Waals surface area contributed by atoms with E-state index in [0.717, 1.165) is 22.7 Å². The Kier molecular flexibility index (Phi) is 22.0. The number of nitrogens with zero attached hydrogens (tertiary/aromatic N) is 2. The van der Waals surface area contributed by atoms with Crippen LogP contribution in [0.5, 0.6) is 0 Å². The molecule has 2 nitrogen and oxygen atoms in total. The van der Waals surface area contributed by atoms with E-state index in [4.69, 9.17) is 0 Å². The van der Waals surface area contributed by atoms with E-state index in [2.05, 4.69) is 330 Å². The van der Waals surface area contributed by atoms with Gasteiger partial charge >= 0.3 is 0 Å². The van der Waals surface area contributed by atoms with Crippen molar-refractivity contribution in [3.63, 3.8) is 0 Å². The van der Waals surface area contributed by atoms with E-state index < -0.39 is 0 Å². The molecule has 108 heavy (non-hydrogen) atoms.